The average Bonchev–Trinajstić information content (AvgIpc) is 2.62. The van der Waals surface area contributed by atoms with E-state index in [1.807, 2.05) is 18.0 Å². The number of methoxy groups -OCH3 is 1. The van der Waals surface area contributed by atoms with E-state index >= 15 is 0 Å². The van der Waals surface area contributed by atoms with Crippen molar-refractivity contribution >= 4 is 28.9 Å². The van der Waals surface area contributed by atoms with Gasteiger partial charge in [0.2, 0.25) is 0 Å². The summed E-state index contributed by atoms with van der Waals surface area (Å²) in [4.78, 5) is 22.7. The fraction of sp³-hybridized carbons (Fsp3) is 0.500. The van der Waals surface area contributed by atoms with Crippen LogP contribution in [-0.4, -0.2) is 47.8 Å². The minimum Gasteiger partial charge on any atom is -0.495 e. The maximum absolute atomic E-state index is 11.5. The van der Waals surface area contributed by atoms with E-state index in [9.17, 15) is 10.1 Å². The number of carbonyl (C=O) groups excluding carboxylic acids is 1. The lowest BCUT2D eigenvalue weighted by Crippen LogP contribution is -2.35. The third-order valence-corrected chi connectivity index (χ3v) is 5.56. The number of nitrogens with zero attached hydrogens (tertiary/aromatic N) is 4. The number of thioether (sulfide) groups is 1. The number of carbonyl (C=O) groups is 1. The lowest BCUT2D eigenvalue weighted by molar-refractivity contribution is -0.104. The first-order chi connectivity index (χ1) is 12.7. The first-order valence-electron chi connectivity index (χ1n) is 8.78. The molecule has 7 heteroatoms. The first kappa shape index (κ1) is 21.0. The fourth-order valence-electron chi connectivity index (χ4n) is 2.85. The van der Waals surface area contributed by atoms with E-state index in [0.717, 1.165) is 23.2 Å². The number of ether oxygens (including phenoxy) is 1. The molecule has 0 spiro atoms. The Morgan fingerprint density at radius 3 is 2.74 bits per heavy atom. The highest BCUT2D eigenvalue weighted by molar-refractivity contribution is 8.13. The molecule has 0 saturated carbocycles. The van der Waals surface area contributed by atoms with Gasteiger partial charge < -0.3 is 9.64 Å². The van der Waals surface area contributed by atoms with E-state index < -0.39 is 0 Å². The Labute approximate surface area is 165 Å². The number of aldehydes is 1. The smallest absolute Gasteiger partial charge is 0.164 e. The summed E-state index contributed by atoms with van der Waals surface area (Å²) >= 11 is 1.62. The van der Waals surface area contributed by atoms with Gasteiger partial charge in [0.15, 0.2) is 11.5 Å². The van der Waals surface area contributed by atoms with Crippen LogP contribution >= 0.6 is 11.8 Å². The molecule has 27 heavy (non-hydrogen) atoms. The van der Waals surface area contributed by atoms with Crippen molar-refractivity contribution in [3.05, 3.63) is 29.1 Å². The molecular weight excluding hydrogens is 360 g/mol. The predicted molar refractivity (Wildman–Crippen MR) is 110 cm³/mol. The molecule has 0 aromatic carbocycles. The zero-order valence-corrected chi connectivity index (χ0v) is 17.6. The summed E-state index contributed by atoms with van der Waals surface area (Å²) in [7, 11) is 3.55. The molecule has 1 atom stereocenters. The Morgan fingerprint density at radius 1 is 1.52 bits per heavy atom. The molecule has 1 unspecified atom stereocenters. The van der Waals surface area contributed by atoms with E-state index in [2.05, 4.69) is 37.7 Å². The summed E-state index contributed by atoms with van der Waals surface area (Å²) in [6.07, 6.45) is 2.19. The maximum Gasteiger partial charge on any atom is 0.164 e. The molecule has 0 bridgehead atoms. The van der Waals surface area contributed by atoms with Gasteiger partial charge in [-0.15, -0.1) is 0 Å². The van der Waals surface area contributed by atoms with Gasteiger partial charge in [-0.25, -0.2) is 4.99 Å². The van der Waals surface area contributed by atoms with Gasteiger partial charge in [-0.2, -0.15) is 5.26 Å². The van der Waals surface area contributed by atoms with Gasteiger partial charge in [-0.1, -0.05) is 39.5 Å². The SMILES string of the molecule is COc1cc(/C(N=C2SCC(C)CN2C)=C(\C#N)C=O)cnc1C(C)(C)C. The topological polar surface area (TPSA) is 78.6 Å². The van der Waals surface area contributed by atoms with E-state index in [1.54, 1.807) is 31.1 Å². The van der Waals surface area contributed by atoms with Crippen LogP contribution in [0.15, 0.2) is 22.8 Å². The Hall–Kier alpha value is -2.33. The average molecular weight is 387 g/mol. The highest BCUT2D eigenvalue weighted by Gasteiger charge is 2.24. The van der Waals surface area contributed by atoms with Crippen LogP contribution in [0.4, 0.5) is 0 Å². The quantitative estimate of drug-likeness (QED) is 0.448. The zero-order chi connectivity index (χ0) is 20.2. The van der Waals surface area contributed by atoms with Gasteiger partial charge in [0.25, 0.3) is 0 Å². The predicted octanol–water partition coefficient (Wildman–Crippen LogP) is 3.49. The highest BCUT2D eigenvalue weighted by Crippen LogP contribution is 2.33. The molecule has 1 aromatic heterocycles. The van der Waals surface area contributed by atoms with Crippen molar-refractivity contribution < 1.29 is 9.53 Å². The molecule has 1 aromatic rings. The summed E-state index contributed by atoms with van der Waals surface area (Å²) in [6.45, 7) is 9.22. The fourth-order valence-corrected chi connectivity index (χ4v) is 3.84. The van der Waals surface area contributed by atoms with Crippen molar-refractivity contribution in [1.29, 1.82) is 5.26 Å². The van der Waals surface area contributed by atoms with Crippen LogP contribution < -0.4 is 4.74 Å². The third kappa shape index (κ3) is 4.89. The standard InChI is InChI=1S/C20H26N4O2S/c1-13-10-24(5)19(27-12-13)23-17(15(8-21)11-25)14-7-16(26-6)18(22-9-14)20(2,3)4/h7,9,11,13H,10,12H2,1-6H3/b17-15-,23-19?. The molecule has 2 rings (SSSR count). The third-order valence-electron chi connectivity index (χ3n) is 4.17. The number of aromatic nitrogens is 1. The normalized spacial score (nSPS) is 20.1. The molecule has 2 heterocycles. The molecule has 1 aliphatic rings. The van der Waals surface area contributed by atoms with Gasteiger partial charge in [0.05, 0.1) is 18.5 Å². The van der Waals surface area contributed by atoms with Gasteiger partial charge in [0, 0.05) is 36.5 Å². The van der Waals surface area contributed by atoms with Crippen LogP contribution in [0.3, 0.4) is 0 Å². The van der Waals surface area contributed by atoms with Crippen molar-refractivity contribution in [2.45, 2.75) is 33.1 Å². The second kappa shape index (κ2) is 8.57. The lowest BCUT2D eigenvalue weighted by Gasteiger charge is -2.30. The van der Waals surface area contributed by atoms with Crippen molar-refractivity contribution in [3.8, 4) is 11.8 Å². The molecule has 1 saturated heterocycles. The Morgan fingerprint density at radius 2 is 2.22 bits per heavy atom. The molecule has 0 aliphatic carbocycles. The first-order valence-corrected chi connectivity index (χ1v) is 9.76. The molecule has 1 fully saturated rings. The number of pyridine rings is 1. The van der Waals surface area contributed by atoms with Crippen molar-refractivity contribution in [2.24, 2.45) is 10.9 Å². The number of hydrogen-bond donors (Lipinski definition) is 0. The van der Waals surface area contributed by atoms with E-state index in [0.29, 0.717) is 29.2 Å². The minimum atomic E-state index is -0.196. The number of hydrogen-bond acceptors (Lipinski definition) is 6. The lowest BCUT2D eigenvalue weighted by atomic mass is 9.90. The molecular formula is C20H26N4O2S. The summed E-state index contributed by atoms with van der Waals surface area (Å²) in [6, 6.07) is 3.75. The van der Waals surface area contributed by atoms with Gasteiger partial charge in [0.1, 0.15) is 17.4 Å². The summed E-state index contributed by atoms with van der Waals surface area (Å²) < 4.78 is 5.51. The van der Waals surface area contributed by atoms with Crippen LogP contribution in [0, 0.1) is 17.2 Å². The second-order valence-corrected chi connectivity index (χ2v) is 8.70. The van der Waals surface area contributed by atoms with Crippen LogP contribution in [0.1, 0.15) is 39.0 Å². The van der Waals surface area contributed by atoms with E-state index in [1.165, 1.54) is 0 Å². The Balaban J connectivity index is 2.59. The highest BCUT2D eigenvalue weighted by atomic mass is 32.2. The molecule has 0 radical (unpaired) electrons. The minimum absolute atomic E-state index is 0.0255. The van der Waals surface area contributed by atoms with Crippen LogP contribution in [-0.2, 0) is 10.2 Å². The number of aliphatic imine (C=N–C) groups is 1. The van der Waals surface area contributed by atoms with Gasteiger partial charge in [-0.05, 0) is 12.0 Å². The number of amidine groups is 1. The number of nitriles is 1. The second-order valence-electron chi connectivity index (χ2n) is 7.71. The van der Waals surface area contributed by atoms with Crippen molar-refractivity contribution in [3.63, 3.8) is 0 Å². The van der Waals surface area contributed by atoms with Crippen LogP contribution in [0.5, 0.6) is 5.75 Å². The van der Waals surface area contributed by atoms with E-state index in [4.69, 9.17) is 4.74 Å². The summed E-state index contributed by atoms with van der Waals surface area (Å²) in [5, 5.41) is 10.2. The summed E-state index contributed by atoms with van der Waals surface area (Å²) in [5.74, 6) is 2.11. The number of rotatable bonds is 4. The largest absolute Gasteiger partial charge is 0.495 e. The maximum atomic E-state index is 11.5. The van der Waals surface area contributed by atoms with Crippen molar-refractivity contribution in [2.75, 3.05) is 26.5 Å². The summed E-state index contributed by atoms with van der Waals surface area (Å²) in [5.41, 5.74) is 1.50. The van der Waals surface area contributed by atoms with Crippen LogP contribution in [0.25, 0.3) is 5.70 Å². The zero-order valence-electron chi connectivity index (χ0n) is 16.7. The molecule has 0 N–H and O–H groups in total. The molecule has 1 aliphatic heterocycles. The van der Waals surface area contributed by atoms with Gasteiger partial charge >= 0.3 is 0 Å². The molecule has 144 valence electrons. The molecule has 0 amide bonds. The van der Waals surface area contributed by atoms with E-state index in [-0.39, 0.29) is 11.0 Å². The molecule has 6 nitrogen and oxygen atoms in total. The Bertz CT molecular complexity index is 818. The van der Waals surface area contributed by atoms with Crippen LogP contribution in [0.2, 0.25) is 0 Å². The van der Waals surface area contributed by atoms with Gasteiger partial charge in [-0.3, -0.25) is 9.78 Å². The van der Waals surface area contributed by atoms with Crippen molar-refractivity contribution in [1.82, 2.24) is 9.88 Å². The number of allylic oxidation sites excluding steroid dienone is 1. The Kier molecular flexibility index (Phi) is 6.66. The monoisotopic (exact) mass is 386 g/mol.